The molecule has 1 heteroatoms. The molecule has 0 unspecified atom stereocenters. The molecule has 1 N–H and O–H groups in total. The van der Waals surface area contributed by atoms with E-state index in [9.17, 15) is 0 Å². The van der Waals surface area contributed by atoms with Crippen LogP contribution in [0.1, 0.15) is 33.1 Å². The molecule has 0 bridgehead atoms. The fraction of sp³-hybridized carbons (Fsp3) is 0.875. The van der Waals surface area contributed by atoms with E-state index in [2.05, 4.69) is 19.2 Å². The van der Waals surface area contributed by atoms with E-state index in [1.165, 1.54) is 25.3 Å². The molecule has 1 saturated carbocycles. The Morgan fingerprint density at radius 2 is 2.22 bits per heavy atom. The molecule has 0 heterocycles. The van der Waals surface area contributed by atoms with Gasteiger partial charge in [0.1, 0.15) is 0 Å². The second kappa shape index (κ2) is 3.21. The van der Waals surface area contributed by atoms with Crippen molar-refractivity contribution in [2.45, 2.75) is 33.1 Å². The van der Waals surface area contributed by atoms with Crippen LogP contribution in [-0.2, 0) is 0 Å². The quantitative estimate of drug-likeness (QED) is 0.607. The van der Waals surface area contributed by atoms with Crippen LogP contribution in [0.4, 0.5) is 0 Å². The molecule has 0 amide bonds. The van der Waals surface area contributed by atoms with Gasteiger partial charge in [0.15, 0.2) is 0 Å². The molecule has 0 atom stereocenters. The van der Waals surface area contributed by atoms with Crippen molar-refractivity contribution in [3.63, 3.8) is 0 Å². The van der Waals surface area contributed by atoms with Gasteiger partial charge in [-0.3, -0.25) is 0 Å². The summed E-state index contributed by atoms with van der Waals surface area (Å²) in [4.78, 5) is 0. The van der Waals surface area contributed by atoms with E-state index in [1.54, 1.807) is 0 Å². The van der Waals surface area contributed by atoms with Gasteiger partial charge >= 0.3 is 0 Å². The van der Waals surface area contributed by atoms with E-state index in [0.29, 0.717) is 0 Å². The van der Waals surface area contributed by atoms with Crippen molar-refractivity contribution in [3.8, 4) is 0 Å². The highest BCUT2D eigenvalue weighted by Crippen LogP contribution is 2.36. The fourth-order valence-electron chi connectivity index (χ4n) is 0.983. The molecule has 0 aromatic rings. The lowest BCUT2D eigenvalue weighted by Gasteiger charge is -2.09. The van der Waals surface area contributed by atoms with Crippen LogP contribution in [-0.4, -0.2) is 6.54 Å². The van der Waals surface area contributed by atoms with E-state index >= 15 is 0 Å². The second-order valence-corrected chi connectivity index (χ2v) is 2.88. The molecule has 9 heavy (non-hydrogen) atoms. The smallest absolute Gasteiger partial charge is 0.0363 e. The average molecular weight is 126 g/mol. The van der Waals surface area contributed by atoms with Gasteiger partial charge in [0, 0.05) is 6.04 Å². The van der Waals surface area contributed by atoms with Crippen molar-refractivity contribution in [2.75, 3.05) is 6.54 Å². The lowest BCUT2D eigenvalue weighted by Crippen LogP contribution is -2.20. The van der Waals surface area contributed by atoms with Gasteiger partial charge in [-0.15, -0.1) is 0 Å². The SMILES string of the molecule is CCCN[C](C)C1CC1. The highest BCUT2D eigenvalue weighted by molar-refractivity contribution is 4.97. The topological polar surface area (TPSA) is 12.0 Å². The zero-order valence-corrected chi connectivity index (χ0v) is 6.41. The van der Waals surface area contributed by atoms with Crippen LogP contribution in [0.3, 0.4) is 0 Å². The summed E-state index contributed by atoms with van der Waals surface area (Å²) >= 11 is 0. The molecule has 1 nitrogen and oxygen atoms in total. The van der Waals surface area contributed by atoms with Crippen LogP contribution in [0, 0.1) is 12.0 Å². The van der Waals surface area contributed by atoms with Gasteiger partial charge in [-0.25, -0.2) is 0 Å². The maximum Gasteiger partial charge on any atom is 0.0363 e. The zero-order chi connectivity index (χ0) is 6.69. The predicted octanol–water partition coefficient (Wildman–Crippen LogP) is 1.95. The first kappa shape index (κ1) is 7.07. The van der Waals surface area contributed by atoms with Gasteiger partial charge in [0.2, 0.25) is 0 Å². The third-order valence-electron chi connectivity index (χ3n) is 1.84. The van der Waals surface area contributed by atoms with Crippen molar-refractivity contribution < 1.29 is 0 Å². The summed E-state index contributed by atoms with van der Waals surface area (Å²) in [5.74, 6) is 0.927. The van der Waals surface area contributed by atoms with Crippen LogP contribution >= 0.6 is 0 Å². The van der Waals surface area contributed by atoms with Gasteiger partial charge in [0.25, 0.3) is 0 Å². The predicted molar refractivity (Wildman–Crippen MR) is 39.9 cm³/mol. The van der Waals surface area contributed by atoms with Gasteiger partial charge in [-0.1, -0.05) is 6.92 Å². The number of hydrogen-bond donors (Lipinski definition) is 1. The average Bonchev–Trinajstić information content (AvgIpc) is 2.63. The van der Waals surface area contributed by atoms with Crippen LogP contribution in [0.25, 0.3) is 0 Å². The minimum Gasteiger partial charge on any atom is -0.310 e. The minimum atomic E-state index is 0.927. The zero-order valence-electron chi connectivity index (χ0n) is 6.41. The first-order valence-corrected chi connectivity index (χ1v) is 3.92. The van der Waals surface area contributed by atoms with E-state index in [-0.39, 0.29) is 0 Å². The molecule has 0 aliphatic heterocycles. The third-order valence-corrected chi connectivity index (χ3v) is 1.84. The number of nitrogens with one attached hydrogen (secondary N) is 1. The van der Waals surface area contributed by atoms with Crippen molar-refractivity contribution in [2.24, 2.45) is 5.92 Å². The van der Waals surface area contributed by atoms with E-state index in [4.69, 9.17) is 0 Å². The van der Waals surface area contributed by atoms with Crippen molar-refractivity contribution in [1.82, 2.24) is 5.32 Å². The summed E-state index contributed by atoms with van der Waals surface area (Å²) in [6, 6.07) is 1.51. The first-order chi connectivity index (χ1) is 4.34. The molecule has 0 aromatic heterocycles. The molecule has 1 fully saturated rings. The van der Waals surface area contributed by atoms with Gasteiger partial charge in [0.05, 0.1) is 0 Å². The Morgan fingerprint density at radius 1 is 1.56 bits per heavy atom. The minimum absolute atomic E-state index is 0.927. The summed E-state index contributed by atoms with van der Waals surface area (Å²) in [6.45, 7) is 5.57. The number of hydrogen-bond acceptors (Lipinski definition) is 1. The molecule has 53 valence electrons. The van der Waals surface area contributed by atoms with Crippen LogP contribution in [0.5, 0.6) is 0 Å². The highest BCUT2D eigenvalue weighted by atomic mass is 14.9. The highest BCUT2D eigenvalue weighted by Gasteiger charge is 2.27. The Balaban J connectivity index is 1.96. The Bertz CT molecular complexity index is 76.6. The van der Waals surface area contributed by atoms with Crippen molar-refractivity contribution in [3.05, 3.63) is 6.04 Å². The van der Waals surface area contributed by atoms with E-state index in [0.717, 1.165) is 12.5 Å². The molecule has 1 radical (unpaired) electrons. The number of rotatable bonds is 4. The van der Waals surface area contributed by atoms with Gasteiger partial charge in [-0.05, 0) is 38.6 Å². The summed E-state index contributed by atoms with van der Waals surface area (Å²) in [5.41, 5.74) is 0. The molecule has 1 aliphatic carbocycles. The summed E-state index contributed by atoms with van der Waals surface area (Å²) in [6.07, 6.45) is 4.08. The van der Waals surface area contributed by atoms with Gasteiger partial charge in [-0.2, -0.15) is 0 Å². The van der Waals surface area contributed by atoms with Crippen LogP contribution in [0.15, 0.2) is 0 Å². The van der Waals surface area contributed by atoms with E-state index < -0.39 is 0 Å². The van der Waals surface area contributed by atoms with Crippen molar-refractivity contribution >= 4 is 0 Å². The summed E-state index contributed by atoms with van der Waals surface area (Å²) in [7, 11) is 0. The maximum atomic E-state index is 3.41. The lowest BCUT2D eigenvalue weighted by atomic mass is 10.2. The van der Waals surface area contributed by atoms with Crippen molar-refractivity contribution in [1.29, 1.82) is 0 Å². The normalized spacial score (nSPS) is 19.0. The summed E-state index contributed by atoms with van der Waals surface area (Å²) < 4.78 is 0. The van der Waals surface area contributed by atoms with E-state index in [1.807, 2.05) is 0 Å². The standard InChI is InChI=1S/C8H16N/c1-3-6-9-7(2)8-4-5-8/h8-9H,3-6H2,1-2H3. The Kier molecular flexibility index (Phi) is 2.52. The van der Waals surface area contributed by atoms with Crippen LogP contribution < -0.4 is 5.32 Å². The third kappa shape index (κ3) is 2.35. The molecule has 0 spiro atoms. The molecular weight excluding hydrogens is 110 g/mol. The largest absolute Gasteiger partial charge is 0.310 e. The van der Waals surface area contributed by atoms with Gasteiger partial charge < -0.3 is 5.32 Å². The Hall–Kier alpha value is -0.0400. The first-order valence-electron chi connectivity index (χ1n) is 3.92. The molecule has 1 rings (SSSR count). The molecule has 0 aromatic carbocycles. The molecular formula is C8H16N. The molecule has 0 saturated heterocycles. The summed E-state index contributed by atoms with van der Waals surface area (Å²) in [5, 5.41) is 3.41. The molecule has 1 aliphatic rings. The Morgan fingerprint density at radius 3 is 2.67 bits per heavy atom. The Labute approximate surface area is 57.8 Å². The van der Waals surface area contributed by atoms with Crippen LogP contribution in [0.2, 0.25) is 0 Å². The monoisotopic (exact) mass is 126 g/mol. The fourth-order valence-corrected chi connectivity index (χ4v) is 0.983. The lowest BCUT2D eigenvalue weighted by molar-refractivity contribution is 0.621. The maximum absolute atomic E-state index is 3.41. The second-order valence-electron chi connectivity index (χ2n) is 2.88.